The van der Waals surface area contributed by atoms with E-state index in [0.717, 1.165) is 22.5 Å². The summed E-state index contributed by atoms with van der Waals surface area (Å²) in [6.45, 7) is 0. The molecular formula is C12H14CrN2O4. The van der Waals surface area contributed by atoms with E-state index in [-0.39, 0.29) is 0 Å². The summed E-state index contributed by atoms with van der Waals surface area (Å²) >= 11 is -5.25. The molecule has 2 aromatic carbocycles. The molecule has 0 bridgehead atoms. The van der Waals surface area contributed by atoms with E-state index in [9.17, 15) is 0 Å². The van der Waals surface area contributed by atoms with Crippen molar-refractivity contribution in [2.24, 2.45) is 0 Å². The van der Waals surface area contributed by atoms with Crippen molar-refractivity contribution < 1.29 is 29.5 Å². The number of hydrogen-bond acceptors (Lipinski definition) is 4. The van der Waals surface area contributed by atoms with Gasteiger partial charge in [0.15, 0.2) is 0 Å². The van der Waals surface area contributed by atoms with Gasteiger partial charge in [-0.1, -0.05) is 24.3 Å². The monoisotopic (exact) mass is 302 g/mol. The molecule has 7 heteroatoms. The van der Waals surface area contributed by atoms with Gasteiger partial charge in [0, 0.05) is 11.4 Å². The first kappa shape index (κ1) is 15.2. The van der Waals surface area contributed by atoms with Crippen molar-refractivity contribution >= 4 is 11.4 Å². The number of benzene rings is 2. The van der Waals surface area contributed by atoms with Crippen molar-refractivity contribution in [3.63, 3.8) is 0 Å². The summed E-state index contributed by atoms with van der Waals surface area (Å²) in [5.74, 6) is 0. The van der Waals surface area contributed by atoms with E-state index in [1.165, 1.54) is 0 Å². The second-order valence-electron chi connectivity index (χ2n) is 3.69. The summed E-state index contributed by atoms with van der Waals surface area (Å²) < 4.78 is 31.9. The Labute approximate surface area is 112 Å². The molecule has 0 heterocycles. The second-order valence-corrected chi connectivity index (χ2v) is 5.09. The summed E-state index contributed by atoms with van der Waals surface area (Å²) in [6, 6.07) is 15.6. The number of anilines is 2. The Morgan fingerprint density at radius 2 is 0.895 bits per heavy atom. The molecule has 0 saturated carbocycles. The van der Waals surface area contributed by atoms with Gasteiger partial charge in [-0.05, 0) is 35.4 Å². The first-order valence-corrected chi connectivity index (χ1v) is 7.35. The predicted molar refractivity (Wildman–Crippen MR) is 66.5 cm³/mol. The SMILES string of the molecule is Nc1ccc(-c2ccc(N)cc2)cc1.[O]=[Cr](=[O])([OH])[OH]. The second kappa shape index (κ2) is 6.32. The molecule has 0 aliphatic heterocycles. The fraction of sp³-hybridized carbons (Fsp3) is 0. The number of rotatable bonds is 1. The van der Waals surface area contributed by atoms with E-state index < -0.39 is 13.6 Å². The van der Waals surface area contributed by atoms with Gasteiger partial charge >= 0.3 is 29.5 Å². The number of nitrogen functional groups attached to an aromatic ring is 2. The zero-order chi connectivity index (χ0) is 14.5. The van der Waals surface area contributed by atoms with Crippen molar-refractivity contribution in [1.82, 2.24) is 0 Å². The van der Waals surface area contributed by atoms with Gasteiger partial charge < -0.3 is 11.5 Å². The molecule has 6 N–H and O–H groups in total. The van der Waals surface area contributed by atoms with Crippen LogP contribution in [0, 0.1) is 0 Å². The van der Waals surface area contributed by atoms with Crippen molar-refractivity contribution in [1.29, 1.82) is 0 Å². The molecule has 102 valence electrons. The Hall–Kier alpha value is -1.91. The van der Waals surface area contributed by atoms with Crippen LogP contribution in [0.15, 0.2) is 48.5 Å². The van der Waals surface area contributed by atoms with Crippen LogP contribution in [0.3, 0.4) is 0 Å². The number of hydrogen-bond donors (Lipinski definition) is 4. The van der Waals surface area contributed by atoms with Gasteiger partial charge in [-0.15, -0.1) is 0 Å². The zero-order valence-corrected chi connectivity index (χ0v) is 11.2. The number of nitrogens with two attached hydrogens (primary N) is 2. The van der Waals surface area contributed by atoms with Crippen LogP contribution in [0.4, 0.5) is 11.4 Å². The molecular weight excluding hydrogens is 288 g/mol. The van der Waals surface area contributed by atoms with Gasteiger partial charge in [0.25, 0.3) is 0 Å². The molecule has 2 aromatic rings. The molecule has 0 radical (unpaired) electrons. The van der Waals surface area contributed by atoms with E-state index in [1.807, 2.05) is 48.5 Å². The van der Waals surface area contributed by atoms with E-state index in [2.05, 4.69) is 0 Å². The molecule has 0 aromatic heterocycles. The Morgan fingerprint density at radius 3 is 1.11 bits per heavy atom. The quantitative estimate of drug-likeness (QED) is 0.586. The van der Waals surface area contributed by atoms with Crippen molar-refractivity contribution in [3.8, 4) is 11.1 Å². The van der Waals surface area contributed by atoms with Gasteiger partial charge in [0.1, 0.15) is 0 Å². The molecule has 6 nitrogen and oxygen atoms in total. The van der Waals surface area contributed by atoms with E-state index >= 15 is 0 Å². The molecule has 0 saturated heterocycles. The van der Waals surface area contributed by atoms with Crippen LogP contribution in [0.25, 0.3) is 11.1 Å². The standard InChI is InChI=1S/C12H12N2.Cr.2H2O.2O/c13-11-5-1-9(2-6-11)10-3-7-12(14)8-4-10;;;;;/h1-8H,13-14H2;;2*1H2;;/q;+2;;;;/p-2. The molecule has 0 unspecified atom stereocenters. The third-order valence-electron chi connectivity index (χ3n) is 2.15. The van der Waals surface area contributed by atoms with Crippen LogP contribution in [0.5, 0.6) is 0 Å². The average molecular weight is 302 g/mol. The van der Waals surface area contributed by atoms with Gasteiger partial charge in [0.05, 0.1) is 0 Å². The summed E-state index contributed by atoms with van der Waals surface area (Å²) in [7, 11) is 0. The first-order chi connectivity index (χ1) is 8.75. The fourth-order valence-electron chi connectivity index (χ4n) is 1.35. The Balaban J connectivity index is 0.000000312. The van der Waals surface area contributed by atoms with Crippen molar-refractivity contribution in [2.45, 2.75) is 0 Å². The Kier molecular flexibility index (Phi) is 5.04. The molecule has 0 fully saturated rings. The summed E-state index contributed by atoms with van der Waals surface area (Å²) in [5, 5.41) is 0. The Morgan fingerprint density at radius 1 is 0.684 bits per heavy atom. The van der Waals surface area contributed by atoms with Gasteiger partial charge in [-0.25, -0.2) is 0 Å². The molecule has 19 heavy (non-hydrogen) atoms. The van der Waals surface area contributed by atoms with Crippen molar-refractivity contribution in [2.75, 3.05) is 11.5 Å². The summed E-state index contributed by atoms with van der Waals surface area (Å²) in [5.41, 5.74) is 15.1. The normalized spacial score (nSPS) is 10.4. The van der Waals surface area contributed by atoms with Crippen LogP contribution >= 0.6 is 0 Å². The predicted octanol–water partition coefficient (Wildman–Crippen LogP) is 1.16. The van der Waals surface area contributed by atoms with Crippen LogP contribution in [0.1, 0.15) is 0 Å². The summed E-state index contributed by atoms with van der Waals surface area (Å²) in [4.78, 5) is 0. The Bertz CT molecular complexity index is 570. The van der Waals surface area contributed by atoms with Crippen LogP contribution in [-0.2, 0) is 21.2 Å². The van der Waals surface area contributed by atoms with E-state index in [4.69, 9.17) is 27.4 Å². The summed E-state index contributed by atoms with van der Waals surface area (Å²) in [6.07, 6.45) is 0. The maximum absolute atomic E-state index is 8.82. The van der Waals surface area contributed by atoms with Gasteiger partial charge in [-0.2, -0.15) is 0 Å². The van der Waals surface area contributed by atoms with Crippen molar-refractivity contribution in [3.05, 3.63) is 48.5 Å². The fourth-order valence-corrected chi connectivity index (χ4v) is 1.35. The molecule has 2 rings (SSSR count). The van der Waals surface area contributed by atoms with Crippen LogP contribution < -0.4 is 11.5 Å². The van der Waals surface area contributed by atoms with E-state index in [0.29, 0.717) is 0 Å². The molecule has 0 amide bonds. The van der Waals surface area contributed by atoms with Gasteiger partial charge in [0.2, 0.25) is 0 Å². The van der Waals surface area contributed by atoms with Crippen LogP contribution in [-0.4, -0.2) is 8.32 Å². The molecule has 0 aliphatic carbocycles. The van der Waals surface area contributed by atoms with E-state index in [1.54, 1.807) is 0 Å². The molecule has 0 atom stereocenters. The maximum atomic E-state index is 8.82. The first-order valence-electron chi connectivity index (χ1n) is 5.17. The van der Waals surface area contributed by atoms with Gasteiger partial charge in [-0.3, -0.25) is 0 Å². The minimum absolute atomic E-state index is 0.782. The zero-order valence-electron chi connectivity index (χ0n) is 9.89. The van der Waals surface area contributed by atoms with Crippen LogP contribution in [0.2, 0.25) is 0 Å². The molecule has 0 aliphatic rings. The minimum atomic E-state index is -5.25. The third kappa shape index (κ3) is 6.55. The topological polar surface area (TPSA) is 127 Å². The molecule has 0 spiro atoms. The average Bonchev–Trinajstić information content (AvgIpc) is 2.29. The third-order valence-corrected chi connectivity index (χ3v) is 2.15.